The molecule has 2 rings (SSSR count). The molecule has 0 aliphatic heterocycles. The van der Waals surface area contributed by atoms with E-state index in [1.54, 1.807) is 14.0 Å². The number of hydrogen-bond acceptors (Lipinski definition) is 7. The van der Waals surface area contributed by atoms with Gasteiger partial charge in [0.25, 0.3) is 15.6 Å². The van der Waals surface area contributed by atoms with Crippen LogP contribution in [0, 0.1) is 6.92 Å². The lowest BCUT2D eigenvalue weighted by Gasteiger charge is -2.24. The van der Waals surface area contributed by atoms with E-state index < -0.39 is 33.6 Å². The van der Waals surface area contributed by atoms with Crippen LogP contribution < -0.4 is 27.5 Å². The van der Waals surface area contributed by atoms with Gasteiger partial charge in [-0.1, -0.05) is 0 Å². The van der Waals surface area contributed by atoms with Gasteiger partial charge in [-0.3, -0.25) is 18.9 Å². The molecular weight excluding hydrogens is 404 g/mol. The van der Waals surface area contributed by atoms with Crippen molar-refractivity contribution in [1.82, 2.24) is 14.1 Å². The summed E-state index contributed by atoms with van der Waals surface area (Å²) in [5, 5.41) is 3.09. The van der Waals surface area contributed by atoms with E-state index in [1.165, 1.54) is 36.1 Å². The highest BCUT2D eigenvalue weighted by Crippen LogP contribution is 2.18. The summed E-state index contributed by atoms with van der Waals surface area (Å²) in [6.07, 6.45) is 1.54. The second-order valence-corrected chi connectivity index (χ2v) is 7.85. The van der Waals surface area contributed by atoms with Crippen LogP contribution in [0.25, 0.3) is 0 Å². The number of oxime groups is 1. The summed E-state index contributed by atoms with van der Waals surface area (Å²) < 4.78 is 29.6. The maximum absolute atomic E-state index is 13.0. The molecule has 13 nitrogen and oxygen atoms in total. The molecule has 158 valence electrons. The predicted octanol–water partition coefficient (Wildman–Crippen LogP) is -1.69. The Kier molecular flexibility index (Phi) is 6.16. The molecule has 0 aliphatic carbocycles. The van der Waals surface area contributed by atoms with Crippen LogP contribution in [0.1, 0.15) is 18.7 Å². The van der Waals surface area contributed by atoms with Crippen molar-refractivity contribution in [3.8, 4) is 0 Å². The minimum absolute atomic E-state index is 0.276. The number of imidazole rings is 1. The number of anilines is 1. The molecule has 0 saturated heterocycles. The molecule has 2 aromatic heterocycles. The lowest BCUT2D eigenvalue weighted by molar-refractivity contribution is -0.125. The minimum Gasteiger partial charge on any atom is -0.387 e. The van der Waals surface area contributed by atoms with Crippen LogP contribution in [0.5, 0.6) is 0 Å². The standard InChI is InChI=1S/C15H22N8O5S/c1-8-4-5-10(21-29(26,27)11-6-22(3)7-19-11)14(25)23(8)12(13(16)24)9(2)28-20-15(17)18/h4-7,9,12,21H,1-3H3,(H2,16,24)(H4,17,18,20). The molecular formula is C15H22N8O5S. The molecule has 14 heteroatoms. The first-order chi connectivity index (χ1) is 13.4. The number of nitrogens with zero attached hydrogens (tertiary/aromatic N) is 4. The van der Waals surface area contributed by atoms with E-state index in [-0.39, 0.29) is 16.7 Å². The van der Waals surface area contributed by atoms with E-state index >= 15 is 0 Å². The monoisotopic (exact) mass is 426 g/mol. The summed E-state index contributed by atoms with van der Waals surface area (Å²) in [5.74, 6) is -1.29. The van der Waals surface area contributed by atoms with Crippen LogP contribution in [0.4, 0.5) is 5.69 Å². The number of guanidine groups is 1. The number of carbonyl (C=O) groups is 1. The molecule has 0 fully saturated rings. The van der Waals surface area contributed by atoms with Crippen molar-refractivity contribution in [1.29, 1.82) is 0 Å². The highest BCUT2D eigenvalue weighted by Gasteiger charge is 2.30. The normalized spacial score (nSPS) is 13.3. The summed E-state index contributed by atoms with van der Waals surface area (Å²) in [6, 6.07) is 1.40. The van der Waals surface area contributed by atoms with Crippen molar-refractivity contribution in [2.24, 2.45) is 29.4 Å². The van der Waals surface area contributed by atoms with Crippen LogP contribution in [-0.4, -0.2) is 40.5 Å². The summed E-state index contributed by atoms with van der Waals surface area (Å²) in [5.41, 5.74) is 15.1. The van der Waals surface area contributed by atoms with Gasteiger partial charge in [0.05, 0.1) is 6.33 Å². The van der Waals surface area contributed by atoms with E-state index in [4.69, 9.17) is 22.0 Å². The van der Waals surface area contributed by atoms with Crippen LogP contribution in [0.15, 0.2) is 39.6 Å². The fraction of sp³-hybridized carbons (Fsp3) is 0.333. The molecule has 0 aromatic carbocycles. The molecule has 2 heterocycles. The average Bonchev–Trinajstić information content (AvgIpc) is 3.06. The van der Waals surface area contributed by atoms with E-state index in [2.05, 4.69) is 14.9 Å². The molecule has 2 aromatic rings. The van der Waals surface area contributed by atoms with Crippen molar-refractivity contribution < 1.29 is 18.0 Å². The Morgan fingerprint density at radius 3 is 2.48 bits per heavy atom. The number of nitrogens with two attached hydrogens (primary N) is 3. The first kappa shape index (κ1) is 21.7. The number of carbonyl (C=O) groups excluding carboxylic acids is 1. The van der Waals surface area contributed by atoms with Crippen molar-refractivity contribution in [2.75, 3.05) is 4.72 Å². The molecule has 1 amide bonds. The predicted molar refractivity (Wildman–Crippen MR) is 104 cm³/mol. The fourth-order valence-electron chi connectivity index (χ4n) is 2.56. The number of nitrogens with one attached hydrogen (secondary N) is 1. The second kappa shape index (κ2) is 8.22. The van der Waals surface area contributed by atoms with Gasteiger partial charge in [0.1, 0.15) is 5.69 Å². The topological polar surface area (TPSA) is 203 Å². The van der Waals surface area contributed by atoms with Gasteiger partial charge >= 0.3 is 0 Å². The van der Waals surface area contributed by atoms with Crippen molar-refractivity contribution in [3.63, 3.8) is 0 Å². The van der Waals surface area contributed by atoms with Crippen molar-refractivity contribution in [3.05, 3.63) is 40.7 Å². The third kappa shape index (κ3) is 4.84. The molecule has 0 bridgehead atoms. The number of primary amides is 1. The molecule has 0 spiro atoms. The van der Waals surface area contributed by atoms with E-state index in [0.717, 1.165) is 4.57 Å². The first-order valence-corrected chi connectivity index (χ1v) is 9.69. The average molecular weight is 426 g/mol. The van der Waals surface area contributed by atoms with E-state index in [0.29, 0.717) is 5.69 Å². The van der Waals surface area contributed by atoms with Gasteiger partial charge in [-0.2, -0.15) is 8.42 Å². The van der Waals surface area contributed by atoms with Gasteiger partial charge in [0, 0.05) is 18.9 Å². The number of aromatic nitrogens is 3. The van der Waals surface area contributed by atoms with Crippen molar-refractivity contribution in [2.45, 2.75) is 31.0 Å². The van der Waals surface area contributed by atoms with Crippen LogP contribution in [0.3, 0.4) is 0 Å². The number of aryl methyl sites for hydroxylation is 2. The molecule has 29 heavy (non-hydrogen) atoms. The largest absolute Gasteiger partial charge is 0.387 e. The van der Waals surface area contributed by atoms with Crippen molar-refractivity contribution >= 4 is 27.6 Å². The van der Waals surface area contributed by atoms with E-state index in [9.17, 15) is 18.0 Å². The second-order valence-electron chi connectivity index (χ2n) is 6.22. The first-order valence-electron chi connectivity index (χ1n) is 8.21. The van der Waals surface area contributed by atoms with E-state index in [1.807, 2.05) is 0 Å². The zero-order chi connectivity index (χ0) is 21.9. The zero-order valence-corrected chi connectivity index (χ0v) is 16.8. The summed E-state index contributed by atoms with van der Waals surface area (Å²) in [7, 11) is -2.53. The summed E-state index contributed by atoms with van der Waals surface area (Å²) >= 11 is 0. The third-order valence-electron chi connectivity index (χ3n) is 3.86. The molecule has 0 aliphatic rings. The maximum Gasteiger partial charge on any atom is 0.281 e. The highest BCUT2D eigenvalue weighted by atomic mass is 32.2. The lowest BCUT2D eigenvalue weighted by Crippen LogP contribution is -2.42. The number of sulfonamides is 1. The third-order valence-corrected chi connectivity index (χ3v) is 5.11. The quantitative estimate of drug-likeness (QED) is 0.217. The van der Waals surface area contributed by atoms with Gasteiger partial charge in [-0.25, -0.2) is 4.98 Å². The number of hydrogen-bond donors (Lipinski definition) is 4. The Balaban J connectivity index is 2.50. The molecule has 0 radical (unpaired) electrons. The highest BCUT2D eigenvalue weighted by molar-refractivity contribution is 7.92. The fourth-order valence-corrected chi connectivity index (χ4v) is 3.60. The Morgan fingerprint density at radius 2 is 1.97 bits per heavy atom. The minimum atomic E-state index is -4.13. The van der Waals surface area contributed by atoms with Crippen LogP contribution >= 0.6 is 0 Å². The number of rotatable bonds is 8. The van der Waals surface area contributed by atoms with Crippen LogP contribution in [0.2, 0.25) is 0 Å². The Hall–Kier alpha value is -3.55. The van der Waals surface area contributed by atoms with Gasteiger partial charge in [-0.05, 0) is 31.1 Å². The zero-order valence-electron chi connectivity index (χ0n) is 15.9. The molecule has 0 saturated carbocycles. The van der Waals surface area contributed by atoms with Gasteiger partial charge in [0.2, 0.25) is 11.9 Å². The Morgan fingerprint density at radius 1 is 1.31 bits per heavy atom. The smallest absolute Gasteiger partial charge is 0.281 e. The lowest BCUT2D eigenvalue weighted by atomic mass is 10.1. The van der Waals surface area contributed by atoms with Gasteiger partial charge in [-0.15, -0.1) is 0 Å². The molecule has 2 unspecified atom stereocenters. The number of pyridine rings is 1. The van der Waals surface area contributed by atoms with Gasteiger partial charge < -0.3 is 26.6 Å². The molecule has 2 atom stereocenters. The molecule has 7 N–H and O–H groups in total. The van der Waals surface area contributed by atoms with Crippen LogP contribution in [-0.2, 0) is 26.7 Å². The Bertz CT molecular complexity index is 1100. The SMILES string of the molecule is Cc1ccc(NS(=O)(=O)c2cn(C)cn2)c(=O)n1C(C(N)=O)C(C)ON=C(N)N. The van der Waals surface area contributed by atoms with Gasteiger partial charge in [0.15, 0.2) is 17.2 Å². The Labute approximate surface area is 166 Å². The number of amides is 1. The summed E-state index contributed by atoms with van der Waals surface area (Å²) in [4.78, 5) is 33.8. The summed E-state index contributed by atoms with van der Waals surface area (Å²) in [6.45, 7) is 2.97. The maximum atomic E-state index is 13.0.